The Morgan fingerprint density at radius 3 is 2.48 bits per heavy atom. The van der Waals surface area contributed by atoms with E-state index in [0.717, 1.165) is 15.6 Å². The van der Waals surface area contributed by atoms with Crippen LogP contribution in [0.5, 0.6) is 11.5 Å². The maximum absolute atomic E-state index is 11.4. The zero-order valence-electron chi connectivity index (χ0n) is 16.5. The zero-order valence-corrected chi connectivity index (χ0v) is 19.6. The molecule has 2 rings (SSSR count). The van der Waals surface area contributed by atoms with Crippen molar-refractivity contribution in [3.63, 3.8) is 0 Å². The van der Waals surface area contributed by atoms with Gasteiger partial charge in [-0.25, -0.2) is 0 Å². The Morgan fingerprint density at radius 1 is 1.17 bits per heavy atom. The van der Waals surface area contributed by atoms with E-state index in [1.54, 1.807) is 25.3 Å². The van der Waals surface area contributed by atoms with Gasteiger partial charge < -0.3 is 19.9 Å². The van der Waals surface area contributed by atoms with Gasteiger partial charge in [0.15, 0.2) is 11.5 Å². The molecule has 158 valence electrons. The van der Waals surface area contributed by atoms with Crippen molar-refractivity contribution in [3.8, 4) is 11.5 Å². The lowest BCUT2D eigenvalue weighted by Gasteiger charge is -2.18. The highest BCUT2D eigenvalue weighted by Gasteiger charge is 2.19. The molecule has 0 aliphatic heterocycles. The van der Waals surface area contributed by atoms with Crippen LogP contribution in [0.2, 0.25) is 10.0 Å². The van der Waals surface area contributed by atoms with Gasteiger partial charge in [-0.1, -0.05) is 59.0 Å². The summed E-state index contributed by atoms with van der Waals surface area (Å²) >= 11 is 15.7. The second-order valence-electron chi connectivity index (χ2n) is 7.02. The maximum atomic E-state index is 11.4. The minimum atomic E-state index is -0.860. The van der Waals surface area contributed by atoms with Gasteiger partial charge in [-0.3, -0.25) is 4.79 Å². The number of carboxylic acids is 1. The summed E-state index contributed by atoms with van der Waals surface area (Å²) in [5, 5.41) is 13.6. The number of nitrogens with one attached hydrogen (secondary N) is 1. The lowest BCUT2D eigenvalue weighted by molar-refractivity contribution is -0.140. The molecule has 0 aromatic heterocycles. The molecule has 2 aromatic carbocycles. The van der Waals surface area contributed by atoms with Gasteiger partial charge >= 0.3 is 5.97 Å². The average Bonchev–Trinajstić information content (AvgIpc) is 2.64. The number of aliphatic carboxylic acids is 1. The highest BCUT2D eigenvalue weighted by molar-refractivity contribution is 9.10. The van der Waals surface area contributed by atoms with Crippen molar-refractivity contribution in [2.45, 2.75) is 39.5 Å². The molecule has 0 fully saturated rings. The lowest BCUT2D eigenvalue weighted by Crippen LogP contribution is -2.37. The monoisotopic (exact) mass is 503 g/mol. The number of carbonyl (C=O) groups is 1. The van der Waals surface area contributed by atoms with Crippen LogP contribution in [0.15, 0.2) is 34.8 Å². The first-order chi connectivity index (χ1) is 13.7. The molecule has 0 saturated carbocycles. The molecule has 29 heavy (non-hydrogen) atoms. The third-order valence-electron chi connectivity index (χ3n) is 4.28. The fourth-order valence-electron chi connectivity index (χ4n) is 2.76. The van der Waals surface area contributed by atoms with E-state index in [0.29, 0.717) is 34.5 Å². The van der Waals surface area contributed by atoms with E-state index in [-0.39, 0.29) is 12.5 Å². The minimum absolute atomic E-state index is 0.256. The third-order valence-corrected chi connectivity index (χ3v) is 5.60. The lowest BCUT2D eigenvalue weighted by atomic mass is 10.0. The number of hydrogen-bond acceptors (Lipinski definition) is 4. The quantitative estimate of drug-likeness (QED) is 0.419. The van der Waals surface area contributed by atoms with E-state index in [1.165, 1.54) is 0 Å². The Kier molecular flexibility index (Phi) is 9.08. The zero-order chi connectivity index (χ0) is 21.6. The predicted molar refractivity (Wildman–Crippen MR) is 119 cm³/mol. The van der Waals surface area contributed by atoms with Crippen molar-refractivity contribution in [1.82, 2.24) is 5.32 Å². The summed E-state index contributed by atoms with van der Waals surface area (Å²) in [5.41, 5.74) is 1.67. The molecule has 2 N–H and O–H groups in total. The van der Waals surface area contributed by atoms with Crippen molar-refractivity contribution in [3.05, 3.63) is 56.0 Å². The standard InChI is InChI=1S/C21H24BrCl2NO4/c1-12(2)6-18(21(26)27)25-10-14-7-19(28-3)20(9-16(14)22)29-11-13-4-5-15(23)8-17(13)24/h4-5,7-9,12,18,25H,6,10-11H2,1-3H3,(H,26,27). The van der Waals surface area contributed by atoms with Crippen LogP contribution in [-0.2, 0) is 17.9 Å². The molecule has 0 amide bonds. The van der Waals surface area contributed by atoms with Crippen LogP contribution < -0.4 is 14.8 Å². The summed E-state index contributed by atoms with van der Waals surface area (Å²) in [6.45, 7) is 4.63. The van der Waals surface area contributed by atoms with Crippen LogP contribution in [0.4, 0.5) is 0 Å². The first-order valence-corrected chi connectivity index (χ1v) is 10.7. The number of rotatable bonds is 10. The molecule has 1 atom stereocenters. The Morgan fingerprint density at radius 2 is 1.90 bits per heavy atom. The van der Waals surface area contributed by atoms with E-state index in [4.69, 9.17) is 32.7 Å². The van der Waals surface area contributed by atoms with E-state index in [1.807, 2.05) is 26.0 Å². The summed E-state index contributed by atoms with van der Waals surface area (Å²) in [6.07, 6.45) is 0.549. The predicted octanol–water partition coefficient (Wildman–Crippen LogP) is 5.93. The molecule has 5 nitrogen and oxygen atoms in total. The SMILES string of the molecule is COc1cc(CNC(CC(C)C)C(=O)O)c(Br)cc1OCc1ccc(Cl)cc1Cl. The molecule has 0 heterocycles. The van der Waals surface area contributed by atoms with Crippen molar-refractivity contribution < 1.29 is 19.4 Å². The minimum Gasteiger partial charge on any atom is -0.493 e. The van der Waals surface area contributed by atoms with Crippen LogP contribution in [-0.4, -0.2) is 24.2 Å². The Balaban J connectivity index is 2.12. The molecule has 0 aliphatic rings. The van der Waals surface area contributed by atoms with Gasteiger partial charge in [-0.05, 0) is 42.2 Å². The van der Waals surface area contributed by atoms with Gasteiger partial charge in [0.05, 0.1) is 7.11 Å². The van der Waals surface area contributed by atoms with E-state index in [9.17, 15) is 9.90 Å². The fourth-order valence-corrected chi connectivity index (χ4v) is 3.68. The molecule has 0 bridgehead atoms. The maximum Gasteiger partial charge on any atom is 0.320 e. The van der Waals surface area contributed by atoms with E-state index < -0.39 is 12.0 Å². The van der Waals surface area contributed by atoms with Crippen LogP contribution in [0, 0.1) is 5.92 Å². The molecule has 0 saturated heterocycles. The summed E-state index contributed by atoms with van der Waals surface area (Å²) in [5.74, 6) is 0.510. The van der Waals surface area contributed by atoms with Crippen LogP contribution >= 0.6 is 39.1 Å². The van der Waals surface area contributed by atoms with E-state index in [2.05, 4.69) is 21.2 Å². The molecule has 0 aliphatic carbocycles. The second kappa shape index (κ2) is 11.1. The van der Waals surface area contributed by atoms with E-state index >= 15 is 0 Å². The third kappa shape index (κ3) is 7.07. The Bertz CT molecular complexity index is 861. The number of carboxylic acid groups (broad SMARTS) is 1. The number of hydrogen-bond donors (Lipinski definition) is 2. The summed E-state index contributed by atoms with van der Waals surface area (Å²) < 4.78 is 12.1. The van der Waals surface area contributed by atoms with Gasteiger partial charge in [0.2, 0.25) is 0 Å². The summed E-state index contributed by atoms with van der Waals surface area (Å²) in [7, 11) is 1.56. The highest BCUT2D eigenvalue weighted by Crippen LogP contribution is 2.35. The van der Waals surface area contributed by atoms with Crippen LogP contribution in [0.1, 0.15) is 31.4 Å². The van der Waals surface area contributed by atoms with Crippen molar-refractivity contribution in [2.24, 2.45) is 5.92 Å². The average molecular weight is 505 g/mol. The molecular weight excluding hydrogens is 481 g/mol. The smallest absolute Gasteiger partial charge is 0.320 e. The number of benzene rings is 2. The largest absolute Gasteiger partial charge is 0.493 e. The number of ether oxygens (including phenoxy) is 2. The molecule has 2 aromatic rings. The fraction of sp³-hybridized carbons (Fsp3) is 0.381. The molecule has 8 heteroatoms. The molecule has 0 radical (unpaired) electrons. The Labute approximate surface area is 189 Å². The van der Waals surface area contributed by atoms with Gasteiger partial charge in [0.1, 0.15) is 12.6 Å². The number of halogens is 3. The normalized spacial score (nSPS) is 12.1. The Hall–Kier alpha value is -1.47. The first-order valence-electron chi connectivity index (χ1n) is 9.10. The van der Waals surface area contributed by atoms with Gasteiger partial charge in [-0.15, -0.1) is 0 Å². The van der Waals surface area contributed by atoms with Crippen molar-refractivity contribution in [2.75, 3.05) is 7.11 Å². The van der Waals surface area contributed by atoms with Crippen molar-refractivity contribution in [1.29, 1.82) is 0 Å². The van der Waals surface area contributed by atoms with Gasteiger partial charge in [0.25, 0.3) is 0 Å². The van der Waals surface area contributed by atoms with Crippen LogP contribution in [0.25, 0.3) is 0 Å². The van der Waals surface area contributed by atoms with Crippen molar-refractivity contribution >= 4 is 45.1 Å². The highest BCUT2D eigenvalue weighted by atomic mass is 79.9. The molecular formula is C21H24BrCl2NO4. The molecule has 0 spiro atoms. The molecule has 1 unspecified atom stereocenters. The first kappa shape index (κ1) is 23.8. The van der Waals surface area contributed by atoms with Gasteiger partial charge in [0, 0.05) is 26.6 Å². The topological polar surface area (TPSA) is 67.8 Å². The van der Waals surface area contributed by atoms with Gasteiger partial charge in [-0.2, -0.15) is 0 Å². The second-order valence-corrected chi connectivity index (χ2v) is 8.72. The number of methoxy groups -OCH3 is 1. The summed E-state index contributed by atoms with van der Waals surface area (Å²) in [4.78, 5) is 11.4. The van der Waals surface area contributed by atoms with Crippen LogP contribution in [0.3, 0.4) is 0 Å². The summed E-state index contributed by atoms with van der Waals surface area (Å²) in [6, 6.07) is 8.24.